The molecular formula is C12H16N4. The van der Waals surface area contributed by atoms with Gasteiger partial charge in [0.25, 0.3) is 0 Å². The van der Waals surface area contributed by atoms with Crippen LogP contribution in [0.25, 0.3) is 0 Å². The van der Waals surface area contributed by atoms with Gasteiger partial charge in [-0.15, -0.1) is 0 Å². The first-order valence-electron chi connectivity index (χ1n) is 5.46. The van der Waals surface area contributed by atoms with Crippen LogP contribution in [-0.2, 0) is 13.1 Å². The molecule has 0 amide bonds. The number of hydrogen-bond acceptors (Lipinski definition) is 3. The zero-order chi connectivity index (χ0) is 11.4. The Morgan fingerprint density at radius 2 is 2.19 bits per heavy atom. The van der Waals surface area contributed by atoms with Gasteiger partial charge in [0.15, 0.2) is 0 Å². The van der Waals surface area contributed by atoms with Crippen LogP contribution in [0.4, 0.5) is 5.69 Å². The maximum Gasteiger partial charge on any atom is 0.0729 e. The Bertz CT molecular complexity index is 444. The lowest BCUT2D eigenvalue weighted by molar-refractivity contribution is 0.660. The summed E-state index contributed by atoms with van der Waals surface area (Å²) in [4.78, 5) is 4.33. The van der Waals surface area contributed by atoms with Crippen LogP contribution in [0.3, 0.4) is 0 Å². The van der Waals surface area contributed by atoms with Gasteiger partial charge in [0.2, 0.25) is 0 Å². The van der Waals surface area contributed by atoms with Crippen molar-refractivity contribution >= 4 is 5.69 Å². The molecule has 0 saturated carbocycles. The van der Waals surface area contributed by atoms with Crippen molar-refractivity contribution in [1.29, 1.82) is 0 Å². The Morgan fingerprint density at radius 3 is 2.81 bits per heavy atom. The van der Waals surface area contributed by atoms with Gasteiger partial charge in [-0.3, -0.25) is 9.67 Å². The molecule has 0 aromatic carbocycles. The van der Waals surface area contributed by atoms with Crippen molar-refractivity contribution in [1.82, 2.24) is 14.8 Å². The van der Waals surface area contributed by atoms with Crippen LogP contribution in [0.2, 0.25) is 0 Å². The first kappa shape index (κ1) is 10.7. The Hall–Kier alpha value is -1.84. The second-order valence-corrected chi connectivity index (χ2v) is 3.77. The van der Waals surface area contributed by atoms with Crippen molar-refractivity contribution in [3.63, 3.8) is 0 Å². The number of pyridine rings is 1. The summed E-state index contributed by atoms with van der Waals surface area (Å²) in [5.74, 6) is 0. The van der Waals surface area contributed by atoms with Gasteiger partial charge in [0, 0.05) is 18.9 Å². The molecule has 2 aromatic rings. The number of anilines is 1. The fraction of sp³-hybridized carbons (Fsp3) is 0.333. The molecule has 0 unspecified atom stereocenters. The minimum atomic E-state index is 0.732. The van der Waals surface area contributed by atoms with Crippen LogP contribution in [-0.4, -0.2) is 14.8 Å². The first-order valence-corrected chi connectivity index (χ1v) is 5.46. The molecule has 0 saturated heterocycles. The molecule has 1 N–H and O–H groups in total. The molecule has 0 spiro atoms. The van der Waals surface area contributed by atoms with Crippen molar-refractivity contribution in [2.75, 3.05) is 5.32 Å². The Labute approximate surface area is 95.3 Å². The van der Waals surface area contributed by atoms with Crippen LogP contribution in [0.5, 0.6) is 0 Å². The second-order valence-electron chi connectivity index (χ2n) is 3.77. The van der Waals surface area contributed by atoms with Crippen LogP contribution >= 0.6 is 0 Å². The summed E-state index contributed by atoms with van der Waals surface area (Å²) in [6.45, 7) is 5.73. The van der Waals surface area contributed by atoms with E-state index in [9.17, 15) is 0 Å². The van der Waals surface area contributed by atoms with Gasteiger partial charge in [-0.05, 0) is 25.5 Å². The Morgan fingerprint density at radius 1 is 1.31 bits per heavy atom. The Kier molecular flexibility index (Phi) is 3.19. The number of rotatable bonds is 4. The second kappa shape index (κ2) is 4.79. The lowest BCUT2D eigenvalue weighted by Crippen LogP contribution is -2.00. The van der Waals surface area contributed by atoms with Crippen molar-refractivity contribution in [3.8, 4) is 0 Å². The largest absolute Gasteiger partial charge is 0.377 e. The van der Waals surface area contributed by atoms with Crippen molar-refractivity contribution in [2.24, 2.45) is 0 Å². The monoisotopic (exact) mass is 216 g/mol. The number of nitrogens with one attached hydrogen (secondary N) is 1. The van der Waals surface area contributed by atoms with E-state index in [0.29, 0.717) is 0 Å². The number of aromatic nitrogens is 3. The van der Waals surface area contributed by atoms with Crippen LogP contribution in [0, 0.1) is 6.92 Å². The van der Waals surface area contributed by atoms with E-state index in [4.69, 9.17) is 0 Å². The number of hydrogen-bond donors (Lipinski definition) is 1. The van der Waals surface area contributed by atoms with Gasteiger partial charge in [0.05, 0.1) is 24.1 Å². The standard InChI is InChI=1S/C12H16N4/c1-3-16-9-12(8-15-16)14-7-11-5-4-10(2)6-13-11/h4-6,8-9,14H,3,7H2,1-2H3. The molecule has 0 fully saturated rings. The maximum absolute atomic E-state index is 4.33. The van der Waals surface area contributed by atoms with E-state index in [1.807, 2.05) is 36.3 Å². The van der Waals surface area contributed by atoms with Gasteiger partial charge >= 0.3 is 0 Å². The van der Waals surface area contributed by atoms with Gasteiger partial charge in [-0.2, -0.15) is 5.10 Å². The zero-order valence-electron chi connectivity index (χ0n) is 9.64. The zero-order valence-corrected chi connectivity index (χ0v) is 9.64. The van der Waals surface area contributed by atoms with Crippen molar-refractivity contribution in [2.45, 2.75) is 26.9 Å². The normalized spacial score (nSPS) is 10.4. The molecule has 0 aliphatic heterocycles. The van der Waals surface area contributed by atoms with E-state index in [1.165, 1.54) is 5.56 Å². The molecule has 16 heavy (non-hydrogen) atoms. The first-order chi connectivity index (χ1) is 7.78. The van der Waals surface area contributed by atoms with Crippen molar-refractivity contribution < 1.29 is 0 Å². The summed E-state index contributed by atoms with van der Waals surface area (Å²) in [5.41, 5.74) is 3.25. The summed E-state index contributed by atoms with van der Waals surface area (Å²) in [6.07, 6.45) is 5.71. The summed E-state index contributed by atoms with van der Waals surface area (Å²) in [7, 11) is 0. The minimum Gasteiger partial charge on any atom is -0.377 e. The molecular weight excluding hydrogens is 200 g/mol. The number of aryl methyl sites for hydroxylation is 2. The molecule has 2 rings (SSSR count). The van der Waals surface area contributed by atoms with E-state index in [1.54, 1.807) is 0 Å². The minimum absolute atomic E-state index is 0.732. The van der Waals surface area contributed by atoms with Crippen molar-refractivity contribution in [3.05, 3.63) is 42.0 Å². The highest BCUT2D eigenvalue weighted by Crippen LogP contribution is 2.07. The van der Waals surface area contributed by atoms with Crippen LogP contribution < -0.4 is 5.32 Å². The van der Waals surface area contributed by atoms with Gasteiger partial charge in [0.1, 0.15) is 0 Å². The SMILES string of the molecule is CCn1cc(NCc2ccc(C)cn2)cn1. The molecule has 0 bridgehead atoms. The summed E-state index contributed by atoms with van der Waals surface area (Å²) < 4.78 is 1.89. The predicted octanol–water partition coefficient (Wildman–Crippen LogP) is 2.22. The molecule has 4 heteroatoms. The molecule has 4 nitrogen and oxygen atoms in total. The number of nitrogens with zero attached hydrogens (tertiary/aromatic N) is 3. The van der Waals surface area contributed by atoms with E-state index in [0.717, 1.165) is 24.5 Å². The third-order valence-corrected chi connectivity index (χ3v) is 2.40. The molecule has 0 radical (unpaired) electrons. The van der Waals surface area contributed by atoms with E-state index < -0.39 is 0 Å². The van der Waals surface area contributed by atoms with E-state index >= 15 is 0 Å². The summed E-state index contributed by atoms with van der Waals surface area (Å²) in [6, 6.07) is 4.10. The average Bonchev–Trinajstić information content (AvgIpc) is 2.76. The van der Waals surface area contributed by atoms with E-state index in [-0.39, 0.29) is 0 Å². The Balaban J connectivity index is 1.94. The highest BCUT2D eigenvalue weighted by atomic mass is 15.3. The molecule has 0 atom stereocenters. The fourth-order valence-corrected chi connectivity index (χ4v) is 1.42. The highest BCUT2D eigenvalue weighted by Gasteiger charge is 1.97. The van der Waals surface area contributed by atoms with Gasteiger partial charge in [-0.25, -0.2) is 0 Å². The topological polar surface area (TPSA) is 42.7 Å². The molecule has 0 aliphatic rings. The quantitative estimate of drug-likeness (QED) is 0.852. The fourth-order valence-electron chi connectivity index (χ4n) is 1.42. The van der Waals surface area contributed by atoms with Crippen LogP contribution in [0.1, 0.15) is 18.2 Å². The van der Waals surface area contributed by atoms with Crippen LogP contribution in [0.15, 0.2) is 30.7 Å². The lowest BCUT2D eigenvalue weighted by atomic mass is 10.3. The smallest absolute Gasteiger partial charge is 0.0729 e. The molecule has 2 heterocycles. The highest BCUT2D eigenvalue weighted by molar-refractivity contribution is 5.38. The molecule has 0 aliphatic carbocycles. The maximum atomic E-state index is 4.33. The van der Waals surface area contributed by atoms with E-state index in [2.05, 4.69) is 28.4 Å². The average molecular weight is 216 g/mol. The third kappa shape index (κ3) is 2.59. The molecule has 2 aromatic heterocycles. The third-order valence-electron chi connectivity index (χ3n) is 2.40. The predicted molar refractivity (Wildman–Crippen MR) is 64.2 cm³/mol. The molecule has 84 valence electrons. The summed E-state index contributed by atoms with van der Waals surface area (Å²) >= 11 is 0. The summed E-state index contributed by atoms with van der Waals surface area (Å²) in [5, 5.41) is 7.48. The lowest BCUT2D eigenvalue weighted by Gasteiger charge is -2.02. The van der Waals surface area contributed by atoms with Gasteiger partial charge in [-0.1, -0.05) is 6.07 Å². The van der Waals surface area contributed by atoms with Gasteiger partial charge < -0.3 is 5.32 Å².